The van der Waals surface area contributed by atoms with Crippen molar-refractivity contribution in [3.8, 4) is 0 Å². The molecule has 0 atom stereocenters. The van der Waals surface area contributed by atoms with Crippen LogP contribution in [0.15, 0.2) is 22.9 Å². The maximum Gasteiger partial charge on any atom is 0.181 e. The minimum absolute atomic E-state index is 0.142. The van der Waals surface area contributed by atoms with Crippen LogP contribution >= 0.6 is 0 Å². The first-order valence-corrected chi connectivity index (χ1v) is 5.41. The van der Waals surface area contributed by atoms with Gasteiger partial charge in [0.2, 0.25) is 0 Å². The number of anilines is 1. The minimum Gasteiger partial charge on any atom is -0.443 e. The summed E-state index contributed by atoms with van der Waals surface area (Å²) >= 11 is 0. The monoisotopic (exact) mass is 218 g/mol. The average molecular weight is 218 g/mol. The van der Waals surface area contributed by atoms with Crippen LogP contribution in [-0.2, 0) is 0 Å². The molecule has 3 N–H and O–H groups in total. The van der Waals surface area contributed by atoms with Gasteiger partial charge in [0, 0.05) is 24.3 Å². The first-order chi connectivity index (χ1) is 7.84. The number of nitrogens with one attached hydrogen (secondary N) is 3. The zero-order chi connectivity index (χ0) is 11.0. The molecular weight excluding hydrogens is 204 g/mol. The van der Waals surface area contributed by atoms with Crippen LogP contribution in [0.5, 0.6) is 0 Å². The van der Waals surface area contributed by atoms with Gasteiger partial charge in [-0.15, -0.1) is 0 Å². The van der Waals surface area contributed by atoms with Gasteiger partial charge in [0.05, 0.1) is 0 Å². The molecule has 0 radical (unpaired) electrons. The zero-order valence-corrected chi connectivity index (χ0v) is 9.08. The van der Waals surface area contributed by atoms with Crippen molar-refractivity contribution in [2.24, 2.45) is 0 Å². The lowest BCUT2D eigenvalue weighted by Gasteiger charge is -2.16. The molecule has 0 saturated carbocycles. The third kappa shape index (κ3) is 1.54. The number of rotatable bonds is 2. The second kappa shape index (κ2) is 3.77. The standard InChI is InChI=1S/C11H14N4O/c1-7-8(15-11-12-4-5-13-11)2-3-9-10(7)14-6-16-9/h2-3,6,11-13,15H,4-5H2,1H3. The zero-order valence-electron chi connectivity index (χ0n) is 9.08. The van der Waals surface area contributed by atoms with Crippen LogP contribution in [0.25, 0.3) is 11.1 Å². The summed E-state index contributed by atoms with van der Waals surface area (Å²) in [5, 5.41) is 10.0. The molecular formula is C11H14N4O. The number of fused-ring (bicyclic) bond motifs is 1. The van der Waals surface area contributed by atoms with E-state index < -0.39 is 0 Å². The number of aromatic nitrogens is 1. The highest BCUT2D eigenvalue weighted by Crippen LogP contribution is 2.24. The van der Waals surface area contributed by atoms with Crippen molar-refractivity contribution in [1.82, 2.24) is 15.6 Å². The number of oxazole rings is 1. The molecule has 1 aromatic carbocycles. The molecule has 3 rings (SSSR count). The Morgan fingerprint density at radius 3 is 3.00 bits per heavy atom. The lowest BCUT2D eigenvalue weighted by Crippen LogP contribution is -2.38. The fraction of sp³-hybridized carbons (Fsp3) is 0.364. The normalized spacial score (nSPS) is 17.1. The van der Waals surface area contributed by atoms with Gasteiger partial charge in [-0.3, -0.25) is 10.6 Å². The van der Waals surface area contributed by atoms with Crippen molar-refractivity contribution >= 4 is 16.8 Å². The summed E-state index contributed by atoms with van der Waals surface area (Å²) in [4.78, 5) is 4.21. The van der Waals surface area contributed by atoms with Crippen LogP contribution in [0.2, 0.25) is 0 Å². The van der Waals surface area contributed by atoms with Gasteiger partial charge in [-0.25, -0.2) is 4.98 Å². The SMILES string of the molecule is Cc1c(NC2NCCN2)ccc2ocnc12. The maximum atomic E-state index is 5.25. The molecule has 0 spiro atoms. The summed E-state index contributed by atoms with van der Waals surface area (Å²) in [6.07, 6.45) is 1.62. The van der Waals surface area contributed by atoms with Crippen LogP contribution in [0.3, 0.4) is 0 Å². The van der Waals surface area contributed by atoms with Crippen molar-refractivity contribution < 1.29 is 4.42 Å². The Bertz CT molecular complexity index is 502. The van der Waals surface area contributed by atoms with Crippen molar-refractivity contribution in [2.45, 2.75) is 13.2 Å². The summed E-state index contributed by atoms with van der Waals surface area (Å²) in [5.74, 6) is 0. The molecule has 1 aliphatic rings. The van der Waals surface area contributed by atoms with Crippen molar-refractivity contribution in [1.29, 1.82) is 0 Å². The molecule has 1 aromatic heterocycles. The minimum atomic E-state index is 0.142. The highest BCUT2D eigenvalue weighted by atomic mass is 16.3. The van der Waals surface area contributed by atoms with Crippen LogP contribution in [0.4, 0.5) is 5.69 Å². The van der Waals surface area contributed by atoms with E-state index >= 15 is 0 Å². The predicted molar refractivity (Wildman–Crippen MR) is 62.2 cm³/mol. The highest BCUT2D eigenvalue weighted by molar-refractivity contribution is 5.82. The van der Waals surface area contributed by atoms with Gasteiger partial charge in [-0.2, -0.15) is 0 Å². The Balaban J connectivity index is 1.93. The summed E-state index contributed by atoms with van der Waals surface area (Å²) < 4.78 is 5.25. The Morgan fingerprint density at radius 1 is 1.38 bits per heavy atom. The molecule has 5 heteroatoms. The first kappa shape index (κ1) is 9.62. The van der Waals surface area contributed by atoms with Gasteiger partial charge in [-0.1, -0.05) is 0 Å². The fourth-order valence-corrected chi connectivity index (χ4v) is 1.99. The van der Waals surface area contributed by atoms with E-state index in [0.29, 0.717) is 0 Å². The van der Waals surface area contributed by atoms with Gasteiger partial charge in [0.15, 0.2) is 12.0 Å². The summed E-state index contributed by atoms with van der Waals surface area (Å²) in [6.45, 7) is 4.02. The van der Waals surface area contributed by atoms with E-state index in [-0.39, 0.29) is 6.29 Å². The molecule has 0 amide bonds. The lowest BCUT2D eigenvalue weighted by molar-refractivity contribution is 0.602. The molecule has 16 heavy (non-hydrogen) atoms. The number of nitrogens with zero attached hydrogens (tertiary/aromatic N) is 1. The molecule has 2 heterocycles. The van der Waals surface area contributed by atoms with E-state index in [9.17, 15) is 0 Å². The van der Waals surface area contributed by atoms with E-state index in [1.54, 1.807) is 0 Å². The molecule has 1 aliphatic heterocycles. The second-order valence-electron chi connectivity index (χ2n) is 3.92. The van der Waals surface area contributed by atoms with Crippen LogP contribution in [-0.4, -0.2) is 24.4 Å². The van der Waals surface area contributed by atoms with E-state index in [1.807, 2.05) is 19.1 Å². The number of aryl methyl sites for hydroxylation is 1. The molecule has 84 valence electrons. The summed E-state index contributed by atoms with van der Waals surface area (Å²) in [5.41, 5.74) is 3.94. The first-order valence-electron chi connectivity index (χ1n) is 5.41. The van der Waals surface area contributed by atoms with Gasteiger partial charge in [0.25, 0.3) is 0 Å². The topological polar surface area (TPSA) is 62.1 Å². The number of benzene rings is 1. The van der Waals surface area contributed by atoms with E-state index in [1.165, 1.54) is 6.39 Å². The van der Waals surface area contributed by atoms with Crippen molar-refractivity contribution in [3.63, 3.8) is 0 Å². The second-order valence-corrected chi connectivity index (χ2v) is 3.92. The lowest BCUT2D eigenvalue weighted by atomic mass is 10.1. The Hall–Kier alpha value is -1.59. The molecule has 0 aliphatic carbocycles. The smallest absolute Gasteiger partial charge is 0.181 e. The molecule has 2 aromatic rings. The quantitative estimate of drug-likeness (QED) is 0.702. The number of hydrogen-bond acceptors (Lipinski definition) is 5. The van der Waals surface area contributed by atoms with Gasteiger partial charge < -0.3 is 9.73 Å². The molecule has 1 fully saturated rings. The fourth-order valence-electron chi connectivity index (χ4n) is 1.99. The van der Waals surface area contributed by atoms with Crippen molar-refractivity contribution in [3.05, 3.63) is 24.1 Å². The molecule has 5 nitrogen and oxygen atoms in total. The Labute approximate surface area is 93.2 Å². The van der Waals surface area contributed by atoms with Crippen LogP contribution in [0, 0.1) is 6.92 Å². The third-order valence-electron chi connectivity index (χ3n) is 2.88. The van der Waals surface area contributed by atoms with Gasteiger partial charge in [-0.05, 0) is 19.1 Å². The Morgan fingerprint density at radius 2 is 2.19 bits per heavy atom. The Kier molecular flexibility index (Phi) is 2.27. The maximum absolute atomic E-state index is 5.25. The van der Waals surface area contributed by atoms with E-state index in [2.05, 4.69) is 20.9 Å². The van der Waals surface area contributed by atoms with Crippen molar-refractivity contribution in [2.75, 3.05) is 18.4 Å². The highest BCUT2D eigenvalue weighted by Gasteiger charge is 2.14. The average Bonchev–Trinajstić information content (AvgIpc) is 2.93. The molecule has 0 bridgehead atoms. The number of hydrogen-bond donors (Lipinski definition) is 3. The van der Waals surface area contributed by atoms with Crippen LogP contribution < -0.4 is 16.0 Å². The van der Waals surface area contributed by atoms with Crippen LogP contribution in [0.1, 0.15) is 5.56 Å². The predicted octanol–water partition coefficient (Wildman–Crippen LogP) is 1.02. The largest absolute Gasteiger partial charge is 0.443 e. The van der Waals surface area contributed by atoms with Gasteiger partial charge >= 0.3 is 0 Å². The molecule has 0 unspecified atom stereocenters. The molecule has 1 saturated heterocycles. The third-order valence-corrected chi connectivity index (χ3v) is 2.88. The summed E-state index contributed by atoms with van der Waals surface area (Å²) in [7, 11) is 0. The van der Waals surface area contributed by atoms with Gasteiger partial charge in [0.1, 0.15) is 11.8 Å². The van der Waals surface area contributed by atoms with E-state index in [4.69, 9.17) is 4.42 Å². The summed E-state index contributed by atoms with van der Waals surface area (Å²) in [6, 6.07) is 3.96. The van der Waals surface area contributed by atoms with E-state index in [0.717, 1.165) is 35.4 Å².